The number of nitrogens with zero attached hydrogens (tertiary/aromatic N) is 2. The molecule has 0 radical (unpaired) electrons. The highest BCUT2D eigenvalue weighted by Crippen LogP contribution is 2.54. The minimum absolute atomic E-state index is 0.0434. The van der Waals surface area contributed by atoms with Gasteiger partial charge in [0, 0.05) is 42.8 Å². The molecule has 0 saturated carbocycles. The molecule has 0 saturated heterocycles. The largest absolute Gasteiger partial charge is 0.381 e. The third-order valence-electron chi connectivity index (χ3n) is 7.04. The quantitative estimate of drug-likeness (QED) is 0.905. The van der Waals surface area contributed by atoms with Gasteiger partial charge in [0.2, 0.25) is 5.91 Å². The topological polar surface area (TPSA) is 35.6 Å². The molecule has 1 aromatic rings. The number of benzene rings is 1. The van der Waals surface area contributed by atoms with Crippen molar-refractivity contribution in [3.63, 3.8) is 0 Å². The fourth-order valence-corrected chi connectivity index (χ4v) is 5.33. The first kappa shape index (κ1) is 17.6. The van der Waals surface area contributed by atoms with Crippen LogP contribution in [0.15, 0.2) is 24.3 Å². The van der Waals surface area contributed by atoms with Crippen molar-refractivity contribution >= 4 is 17.2 Å². The molecule has 4 heteroatoms. The Balaban J connectivity index is 1.81. The Bertz CT molecular complexity index is 767. The molecule has 4 rings (SSSR count). The number of amides is 1. The van der Waals surface area contributed by atoms with Crippen LogP contribution in [-0.4, -0.2) is 54.5 Å². The van der Waals surface area contributed by atoms with Gasteiger partial charge in [-0.1, -0.05) is 25.1 Å². The van der Waals surface area contributed by atoms with E-state index in [0.717, 1.165) is 26.1 Å². The summed E-state index contributed by atoms with van der Waals surface area (Å²) in [5, 5.41) is 3.69. The summed E-state index contributed by atoms with van der Waals surface area (Å²) in [5.74, 6) is 0.221. The lowest BCUT2D eigenvalue weighted by molar-refractivity contribution is -0.134. The molecule has 2 heterocycles. The summed E-state index contributed by atoms with van der Waals surface area (Å²) in [6, 6.07) is 7.44. The highest BCUT2D eigenvalue weighted by Gasteiger charge is 2.50. The summed E-state index contributed by atoms with van der Waals surface area (Å²) in [7, 11) is 2.19. The van der Waals surface area contributed by atoms with Gasteiger partial charge in [-0.15, -0.1) is 0 Å². The first-order valence-electron chi connectivity index (χ1n) is 10.0. The number of nitrogens with one attached hydrogen (secondary N) is 1. The van der Waals surface area contributed by atoms with Gasteiger partial charge in [-0.2, -0.15) is 0 Å². The second kappa shape index (κ2) is 6.12. The number of anilines is 1. The molecular weight excluding hydrogens is 322 g/mol. The Morgan fingerprint density at radius 2 is 2.08 bits per heavy atom. The maximum Gasteiger partial charge on any atom is 0.230 e. The Labute approximate surface area is 157 Å². The van der Waals surface area contributed by atoms with Crippen molar-refractivity contribution in [2.24, 2.45) is 5.92 Å². The van der Waals surface area contributed by atoms with Gasteiger partial charge in [0.15, 0.2) is 0 Å². The van der Waals surface area contributed by atoms with Crippen LogP contribution in [0.25, 0.3) is 5.57 Å². The molecule has 1 aliphatic carbocycles. The number of carbonyl (C=O) groups is 1. The molecule has 1 amide bonds. The molecule has 3 aliphatic rings. The summed E-state index contributed by atoms with van der Waals surface area (Å²) in [5.41, 5.74) is 5.59. The summed E-state index contributed by atoms with van der Waals surface area (Å²) >= 11 is 0. The van der Waals surface area contributed by atoms with E-state index in [1.54, 1.807) is 0 Å². The number of carbonyl (C=O) groups excluding carboxylic acids is 1. The molecule has 0 spiro atoms. The van der Waals surface area contributed by atoms with E-state index in [0.29, 0.717) is 12.1 Å². The zero-order valence-corrected chi connectivity index (χ0v) is 16.7. The van der Waals surface area contributed by atoms with Crippen LogP contribution in [0.1, 0.15) is 45.2 Å². The lowest BCUT2D eigenvalue weighted by Crippen LogP contribution is -2.51. The summed E-state index contributed by atoms with van der Waals surface area (Å²) in [6.45, 7) is 11.2. The smallest absolute Gasteiger partial charge is 0.230 e. The molecule has 0 aromatic heterocycles. The van der Waals surface area contributed by atoms with Crippen molar-refractivity contribution in [2.45, 2.75) is 51.6 Å². The average Bonchev–Trinajstić information content (AvgIpc) is 2.88. The van der Waals surface area contributed by atoms with Crippen LogP contribution in [0, 0.1) is 5.92 Å². The maximum atomic E-state index is 13.0. The molecule has 4 nitrogen and oxygen atoms in total. The molecule has 4 atom stereocenters. The van der Waals surface area contributed by atoms with E-state index in [9.17, 15) is 4.79 Å². The first-order valence-corrected chi connectivity index (χ1v) is 10.0. The number of fused-ring (bicyclic) bond motifs is 2. The zero-order valence-electron chi connectivity index (χ0n) is 16.7. The van der Waals surface area contributed by atoms with Crippen molar-refractivity contribution < 1.29 is 4.79 Å². The highest BCUT2D eigenvalue weighted by molar-refractivity contribution is 5.88. The number of likely N-dealkylation sites (N-methyl/N-ethyl adjacent to an activating group) is 1. The van der Waals surface area contributed by atoms with Crippen molar-refractivity contribution in [2.75, 3.05) is 32.0 Å². The second-order valence-electron chi connectivity index (χ2n) is 8.41. The van der Waals surface area contributed by atoms with Gasteiger partial charge < -0.3 is 10.2 Å². The highest BCUT2D eigenvalue weighted by atomic mass is 16.2. The van der Waals surface area contributed by atoms with E-state index in [2.05, 4.69) is 69.2 Å². The number of hydrogen-bond donors (Lipinski definition) is 1. The van der Waals surface area contributed by atoms with E-state index in [4.69, 9.17) is 0 Å². The molecule has 1 N–H and O–H groups in total. The van der Waals surface area contributed by atoms with Gasteiger partial charge in [-0.25, -0.2) is 0 Å². The van der Waals surface area contributed by atoms with Gasteiger partial charge in [-0.05, 0) is 57.0 Å². The molecule has 2 aliphatic heterocycles. The van der Waals surface area contributed by atoms with E-state index in [1.165, 1.54) is 22.4 Å². The summed E-state index contributed by atoms with van der Waals surface area (Å²) < 4.78 is 0. The SMILES string of the molecule is CCN(CC)C(=O)C1C=C2c3cccc4c3C(C)(CC2N(C)C1)C(C)N4. The van der Waals surface area contributed by atoms with E-state index >= 15 is 0 Å². The van der Waals surface area contributed by atoms with Gasteiger partial charge >= 0.3 is 0 Å². The van der Waals surface area contributed by atoms with Crippen molar-refractivity contribution in [3.8, 4) is 0 Å². The molecular formula is C22H31N3O. The van der Waals surface area contributed by atoms with Crippen LogP contribution in [0.3, 0.4) is 0 Å². The lowest BCUT2D eigenvalue weighted by atomic mass is 9.64. The average molecular weight is 354 g/mol. The predicted molar refractivity (Wildman–Crippen MR) is 107 cm³/mol. The summed E-state index contributed by atoms with van der Waals surface area (Å²) in [4.78, 5) is 17.4. The van der Waals surface area contributed by atoms with E-state index < -0.39 is 0 Å². The molecule has 140 valence electrons. The molecule has 1 aromatic carbocycles. The molecule has 26 heavy (non-hydrogen) atoms. The van der Waals surface area contributed by atoms with Crippen molar-refractivity contribution in [1.82, 2.24) is 9.80 Å². The minimum Gasteiger partial charge on any atom is -0.381 e. The Kier molecular flexibility index (Phi) is 4.14. The Morgan fingerprint density at radius 3 is 2.77 bits per heavy atom. The van der Waals surface area contributed by atoms with Gasteiger partial charge in [0.25, 0.3) is 0 Å². The van der Waals surface area contributed by atoms with E-state index in [-0.39, 0.29) is 17.2 Å². The number of hydrogen-bond acceptors (Lipinski definition) is 3. The fourth-order valence-electron chi connectivity index (χ4n) is 5.33. The van der Waals surface area contributed by atoms with E-state index in [1.807, 2.05) is 4.90 Å². The molecule has 0 fully saturated rings. The third kappa shape index (κ3) is 2.34. The minimum atomic E-state index is -0.0434. The normalized spacial score (nSPS) is 32.3. The van der Waals surface area contributed by atoms with Gasteiger partial charge in [-0.3, -0.25) is 9.69 Å². The summed E-state index contributed by atoms with van der Waals surface area (Å²) in [6.07, 6.45) is 3.39. The van der Waals surface area contributed by atoms with Crippen LogP contribution >= 0.6 is 0 Å². The number of rotatable bonds is 3. The van der Waals surface area contributed by atoms with Crippen LogP contribution in [-0.2, 0) is 10.2 Å². The fraction of sp³-hybridized carbons (Fsp3) is 0.591. The molecule has 4 unspecified atom stereocenters. The Morgan fingerprint density at radius 1 is 1.35 bits per heavy atom. The van der Waals surface area contributed by atoms with Crippen LogP contribution in [0.5, 0.6) is 0 Å². The lowest BCUT2D eigenvalue weighted by Gasteiger charge is -2.47. The van der Waals surface area contributed by atoms with Gasteiger partial charge in [0.1, 0.15) is 0 Å². The van der Waals surface area contributed by atoms with Crippen molar-refractivity contribution in [1.29, 1.82) is 0 Å². The predicted octanol–water partition coefficient (Wildman–Crippen LogP) is 3.34. The van der Waals surface area contributed by atoms with Gasteiger partial charge in [0.05, 0.1) is 5.92 Å². The van der Waals surface area contributed by atoms with Crippen LogP contribution in [0.4, 0.5) is 5.69 Å². The first-order chi connectivity index (χ1) is 12.4. The maximum absolute atomic E-state index is 13.0. The second-order valence-corrected chi connectivity index (χ2v) is 8.41. The zero-order chi connectivity index (χ0) is 18.6. The van der Waals surface area contributed by atoms with Crippen molar-refractivity contribution in [3.05, 3.63) is 35.4 Å². The van der Waals surface area contributed by atoms with Crippen LogP contribution < -0.4 is 5.32 Å². The third-order valence-corrected chi connectivity index (χ3v) is 7.04. The van der Waals surface area contributed by atoms with Crippen LogP contribution in [0.2, 0.25) is 0 Å². The standard InChI is InChI=1S/C22H31N3O/c1-6-25(7-2)21(26)15-11-17-16-9-8-10-18-20(16)22(4,14(3)23-18)12-19(17)24(5)13-15/h8-11,14-15,19,23H,6-7,12-13H2,1-5H3. The molecule has 0 bridgehead atoms. The Hall–Kier alpha value is -1.81. The monoisotopic (exact) mass is 353 g/mol.